The Morgan fingerprint density at radius 3 is 2.52 bits per heavy atom. The Balaban J connectivity index is 1.88. The first-order chi connectivity index (χ1) is 12.7. The van der Waals surface area contributed by atoms with Crippen molar-refractivity contribution in [2.45, 2.75) is 6.18 Å². The van der Waals surface area contributed by atoms with E-state index in [9.17, 15) is 18.0 Å². The van der Waals surface area contributed by atoms with Crippen LogP contribution in [0.2, 0.25) is 5.02 Å². The number of halogens is 4. The molecule has 0 unspecified atom stereocenters. The number of carbonyl (C=O) groups excluding carboxylic acids is 1. The second-order valence-corrected chi connectivity index (χ2v) is 6.01. The Hall–Kier alpha value is -3.07. The Kier molecular flexibility index (Phi) is 4.79. The van der Waals surface area contributed by atoms with E-state index in [4.69, 9.17) is 17.3 Å². The van der Waals surface area contributed by atoms with Gasteiger partial charge in [-0.25, -0.2) is 4.98 Å². The predicted octanol–water partition coefficient (Wildman–Crippen LogP) is 3.99. The fourth-order valence-electron chi connectivity index (χ4n) is 2.45. The van der Waals surface area contributed by atoms with Gasteiger partial charge in [0.15, 0.2) is 5.69 Å². The number of rotatable bonds is 3. The normalized spacial score (nSPS) is 11.4. The van der Waals surface area contributed by atoms with Crippen molar-refractivity contribution in [3.05, 3.63) is 58.7 Å². The number of anilines is 2. The quantitative estimate of drug-likeness (QED) is 0.702. The topological polar surface area (TPSA) is 85.8 Å². The minimum absolute atomic E-state index is 0.0521. The summed E-state index contributed by atoms with van der Waals surface area (Å²) in [4.78, 5) is 16.3. The number of pyridine rings is 1. The summed E-state index contributed by atoms with van der Waals surface area (Å²) in [6.45, 7) is 0. The van der Waals surface area contributed by atoms with Crippen molar-refractivity contribution in [2.24, 2.45) is 7.05 Å². The first-order valence-electron chi connectivity index (χ1n) is 7.61. The SMILES string of the molecule is Cn1nc(C(F)(F)F)cc1-c1ccc(NC(=O)c2ccccc2Cl)nc1N. The lowest BCUT2D eigenvalue weighted by Crippen LogP contribution is -2.14. The van der Waals surface area contributed by atoms with Gasteiger partial charge in [0.05, 0.1) is 16.3 Å². The third kappa shape index (κ3) is 3.87. The van der Waals surface area contributed by atoms with Gasteiger partial charge < -0.3 is 11.1 Å². The summed E-state index contributed by atoms with van der Waals surface area (Å²) in [5.74, 6) is -0.400. The highest BCUT2D eigenvalue weighted by molar-refractivity contribution is 6.34. The lowest BCUT2D eigenvalue weighted by Gasteiger charge is -2.09. The van der Waals surface area contributed by atoms with Gasteiger partial charge in [0.25, 0.3) is 5.91 Å². The summed E-state index contributed by atoms with van der Waals surface area (Å²) < 4.78 is 39.5. The average Bonchev–Trinajstić information content (AvgIpc) is 2.97. The van der Waals surface area contributed by atoms with Crippen LogP contribution in [0.25, 0.3) is 11.3 Å². The van der Waals surface area contributed by atoms with E-state index in [0.29, 0.717) is 0 Å². The van der Waals surface area contributed by atoms with Gasteiger partial charge in [0.1, 0.15) is 11.6 Å². The molecular weight excluding hydrogens is 383 g/mol. The molecule has 0 spiro atoms. The molecule has 27 heavy (non-hydrogen) atoms. The lowest BCUT2D eigenvalue weighted by molar-refractivity contribution is -0.141. The average molecular weight is 396 g/mol. The Morgan fingerprint density at radius 2 is 1.93 bits per heavy atom. The number of amides is 1. The Bertz CT molecular complexity index is 1020. The van der Waals surface area contributed by atoms with E-state index in [0.717, 1.165) is 10.7 Å². The molecule has 140 valence electrons. The van der Waals surface area contributed by atoms with Gasteiger partial charge in [-0.1, -0.05) is 23.7 Å². The van der Waals surface area contributed by atoms with Crippen LogP contribution in [0.15, 0.2) is 42.5 Å². The van der Waals surface area contributed by atoms with Gasteiger partial charge in [-0.2, -0.15) is 18.3 Å². The van der Waals surface area contributed by atoms with Gasteiger partial charge >= 0.3 is 6.18 Å². The number of hydrogen-bond donors (Lipinski definition) is 2. The molecule has 0 aliphatic carbocycles. The van der Waals surface area contributed by atoms with Gasteiger partial charge in [0, 0.05) is 12.6 Å². The number of nitrogens with zero attached hydrogens (tertiary/aromatic N) is 3. The standard InChI is InChI=1S/C17H13ClF3N5O/c1-26-12(8-13(25-26)17(19,20)21)10-6-7-14(23-15(10)22)24-16(27)9-4-2-3-5-11(9)18/h2-8H,1H3,(H3,22,23,24,27). The molecule has 0 aliphatic heterocycles. The molecule has 0 saturated carbocycles. The smallest absolute Gasteiger partial charge is 0.383 e. The summed E-state index contributed by atoms with van der Waals surface area (Å²) in [5, 5.41) is 6.26. The first kappa shape index (κ1) is 18.7. The van der Waals surface area contributed by atoms with Crippen LogP contribution >= 0.6 is 11.6 Å². The minimum Gasteiger partial charge on any atom is -0.383 e. The van der Waals surface area contributed by atoms with Crippen LogP contribution < -0.4 is 11.1 Å². The summed E-state index contributed by atoms with van der Waals surface area (Å²) in [6, 6.07) is 10.2. The van der Waals surface area contributed by atoms with E-state index >= 15 is 0 Å². The summed E-state index contributed by atoms with van der Waals surface area (Å²) in [6.07, 6.45) is -4.57. The molecule has 10 heteroatoms. The van der Waals surface area contributed by atoms with Crippen molar-refractivity contribution in [1.82, 2.24) is 14.8 Å². The van der Waals surface area contributed by atoms with E-state index in [2.05, 4.69) is 15.4 Å². The van der Waals surface area contributed by atoms with Crippen LogP contribution in [-0.2, 0) is 13.2 Å². The molecule has 2 aromatic heterocycles. The highest BCUT2D eigenvalue weighted by atomic mass is 35.5. The molecule has 0 radical (unpaired) electrons. The van der Waals surface area contributed by atoms with E-state index in [1.807, 2.05) is 0 Å². The summed E-state index contributed by atoms with van der Waals surface area (Å²) in [5.41, 5.74) is 5.51. The molecule has 2 heterocycles. The molecule has 0 saturated heterocycles. The van der Waals surface area contributed by atoms with Crippen LogP contribution in [-0.4, -0.2) is 20.7 Å². The van der Waals surface area contributed by atoms with Crippen molar-refractivity contribution in [3.63, 3.8) is 0 Å². The maximum absolute atomic E-state index is 12.8. The molecular formula is C17H13ClF3N5O. The van der Waals surface area contributed by atoms with Crippen LogP contribution in [0.1, 0.15) is 16.1 Å². The zero-order chi connectivity index (χ0) is 19.8. The number of aromatic nitrogens is 3. The van der Waals surface area contributed by atoms with Crippen molar-refractivity contribution < 1.29 is 18.0 Å². The molecule has 6 nitrogen and oxygen atoms in total. The Labute approximate surface area is 156 Å². The number of aryl methyl sites for hydroxylation is 1. The number of hydrogen-bond acceptors (Lipinski definition) is 4. The fourth-order valence-corrected chi connectivity index (χ4v) is 2.67. The van der Waals surface area contributed by atoms with Crippen molar-refractivity contribution in [3.8, 4) is 11.3 Å². The minimum atomic E-state index is -4.57. The number of nitrogen functional groups attached to an aromatic ring is 1. The molecule has 0 fully saturated rings. The van der Waals surface area contributed by atoms with Crippen LogP contribution in [0, 0.1) is 0 Å². The maximum atomic E-state index is 12.8. The van der Waals surface area contributed by atoms with Crippen LogP contribution in [0.4, 0.5) is 24.8 Å². The second kappa shape index (κ2) is 6.92. The highest BCUT2D eigenvalue weighted by Gasteiger charge is 2.35. The molecule has 3 rings (SSSR count). The van der Waals surface area contributed by atoms with Crippen molar-refractivity contribution in [2.75, 3.05) is 11.1 Å². The number of carbonyl (C=O) groups is 1. The zero-order valence-electron chi connectivity index (χ0n) is 13.9. The number of nitrogens with two attached hydrogens (primary N) is 1. The number of nitrogens with one attached hydrogen (secondary N) is 1. The zero-order valence-corrected chi connectivity index (χ0v) is 14.6. The van der Waals surface area contributed by atoms with Gasteiger partial charge in [-0.3, -0.25) is 9.48 Å². The van der Waals surface area contributed by atoms with E-state index < -0.39 is 17.8 Å². The van der Waals surface area contributed by atoms with Crippen LogP contribution in [0.3, 0.4) is 0 Å². The summed E-state index contributed by atoms with van der Waals surface area (Å²) in [7, 11) is 1.37. The molecule has 3 aromatic rings. The molecule has 1 amide bonds. The predicted molar refractivity (Wildman–Crippen MR) is 95.3 cm³/mol. The molecule has 1 aromatic carbocycles. The maximum Gasteiger partial charge on any atom is 0.435 e. The van der Waals surface area contributed by atoms with E-state index in [1.54, 1.807) is 24.3 Å². The first-order valence-corrected chi connectivity index (χ1v) is 7.98. The Morgan fingerprint density at radius 1 is 1.22 bits per heavy atom. The van der Waals surface area contributed by atoms with Crippen molar-refractivity contribution >= 4 is 29.1 Å². The van der Waals surface area contributed by atoms with E-state index in [-0.39, 0.29) is 33.5 Å². The van der Waals surface area contributed by atoms with Crippen LogP contribution in [0.5, 0.6) is 0 Å². The third-order valence-corrected chi connectivity index (χ3v) is 4.06. The molecule has 0 bridgehead atoms. The van der Waals surface area contributed by atoms with Crippen molar-refractivity contribution in [1.29, 1.82) is 0 Å². The lowest BCUT2D eigenvalue weighted by atomic mass is 10.1. The number of benzene rings is 1. The largest absolute Gasteiger partial charge is 0.435 e. The van der Waals surface area contributed by atoms with E-state index in [1.165, 1.54) is 19.2 Å². The highest BCUT2D eigenvalue weighted by Crippen LogP contribution is 2.33. The fraction of sp³-hybridized carbons (Fsp3) is 0.118. The summed E-state index contributed by atoms with van der Waals surface area (Å²) >= 11 is 5.97. The van der Waals surface area contributed by atoms with Gasteiger partial charge in [0.2, 0.25) is 0 Å². The second-order valence-electron chi connectivity index (χ2n) is 5.60. The third-order valence-electron chi connectivity index (χ3n) is 3.73. The monoisotopic (exact) mass is 395 g/mol. The van der Waals surface area contributed by atoms with Gasteiger partial charge in [-0.05, 0) is 30.3 Å². The molecule has 3 N–H and O–H groups in total. The van der Waals surface area contributed by atoms with Gasteiger partial charge in [-0.15, -0.1) is 0 Å². The molecule has 0 atom stereocenters. The molecule has 0 aliphatic rings. The number of alkyl halides is 3.